The first-order chi connectivity index (χ1) is 4.92. The van der Waals surface area contributed by atoms with Gasteiger partial charge in [0.05, 0.1) is 0 Å². The number of carbonyl (C=O) groups excluding carboxylic acids is 1. The second kappa shape index (κ2) is 3.51. The minimum atomic E-state index is -0.411. The van der Waals surface area contributed by atoms with E-state index in [0.717, 1.165) is 5.57 Å². The molecule has 1 heteroatoms. The van der Waals surface area contributed by atoms with Crippen molar-refractivity contribution in [2.45, 2.75) is 27.2 Å². The van der Waals surface area contributed by atoms with Gasteiger partial charge in [0.1, 0.15) is 5.78 Å². The van der Waals surface area contributed by atoms with Crippen molar-refractivity contribution < 1.29 is 4.79 Å². The third kappa shape index (κ3) is 2.71. The Morgan fingerprint density at radius 1 is 1.55 bits per heavy atom. The van der Waals surface area contributed by atoms with E-state index in [4.69, 9.17) is 0 Å². The molecule has 0 spiro atoms. The summed E-state index contributed by atoms with van der Waals surface area (Å²) in [6, 6.07) is 0. The van der Waals surface area contributed by atoms with Crippen LogP contribution >= 0.6 is 0 Å². The third-order valence-electron chi connectivity index (χ3n) is 1.92. The maximum absolute atomic E-state index is 11.1. The van der Waals surface area contributed by atoms with E-state index < -0.39 is 5.41 Å². The molecule has 1 nitrogen and oxygen atoms in total. The average molecular weight is 152 g/mol. The van der Waals surface area contributed by atoms with Gasteiger partial charge in [-0.2, -0.15) is 0 Å². The quantitative estimate of drug-likeness (QED) is 0.566. The number of carbonyl (C=O) groups is 1. The minimum Gasteiger partial charge on any atom is -0.299 e. The molecule has 0 aliphatic heterocycles. The molecule has 1 atom stereocenters. The first-order valence-corrected chi connectivity index (χ1v) is 3.71. The Kier molecular flexibility index (Phi) is 3.24. The first kappa shape index (κ1) is 10.2. The number of hydrogen-bond acceptors (Lipinski definition) is 1. The summed E-state index contributed by atoms with van der Waals surface area (Å²) < 4.78 is 0. The molecule has 0 saturated heterocycles. The lowest BCUT2D eigenvalue weighted by atomic mass is 9.81. The zero-order valence-electron chi connectivity index (χ0n) is 7.61. The van der Waals surface area contributed by atoms with Crippen LogP contribution in [0.4, 0.5) is 0 Å². The van der Waals surface area contributed by atoms with Crippen LogP contribution in [-0.2, 0) is 4.79 Å². The lowest BCUT2D eigenvalue weighted by molar-refractivity contribution is -0.123. The molecule has 0 aliphatic rings. The summed E-state index contributed by atoms with van der Waals surface area (Å²) in [5.41, 5.74) is 0.605. The molecular formula is C10H16O. The fraction of sp³-hybridized carbons (Fsp3) is 0.500. The van der Waals surface area contributed by atoms with Crippen LogP contribution in [0.15, 0.2) is 24.8 Å². The predicted octanol–water partition coefficient (Wildman–Crippen LogP) is 2.73. The van der Waals surface area contributed by atoms with E-state index in [-0.39, 0.29) is 5.78 Å². The Bertz CT molecular complexity index is 191. The molecule has 11 heavy (non-hydrogen) atoms. The van der Waals surface area contributed by atoms with E-state index in [0.29, 0.717) is 6.42 Å². The van der Waals surface area contributed by atoms with Gasteiger partial charge in [0.25, 0.3) is 0 Å². The summed E-state index contributed by atoms with van der Waals surface area (Å²) in [5.74, 6) is 0.149. The van der Waals surface area contributed by atoms with E-state index in [1.807, 2.05) is 13.8 Å². The highest BCUT2D eigenvalue weighted by molar-refractivity contribution is 5.84. The second-order valence-electron chi connectivity index (χ2n) is 3.31. The number of hydrogen-bond donors (Lipinski definition) is 0. The largest absolute Gasteiger partial charge is 0.299 e. The molecule has 0 radical (unpaired) electrons. The van der Waals surface area contributed by atoms with Gasteiger partial charge >= 0.3 is 0 Å². The molecule has 62 valence electrons. The van der Waals surface area contributed by atoms with Gasteiger partial charge in [-0.1, -0.05) is 11.6 Å². The zero-order chi connectivity index (χ0) is 9.07. The Balaban J connectivity index is 4.47. The van der Waals surface area contributed by atoms with Crippen molar-refractivity contribution in [3.63, 3.8) is 0 Å². The molecule has 0 N–H and O–H groups in total. The van der Waals surface area contributed by atoms with Gasteiger partial charge in [-0.25, -0.2) is 0 Å². The maximum Gasteiger partial charge on any atom is 0.139 e. The van der Waals surface area contributed by atoms with Gasteiger partial charge in [-0.15, -0.1) is 13.2 Å². The fourth-order valence-corrected chi connectivity index (χ4v) is 0.967. The molecule has 0 heterocycles. The van der Waals surface area contributed by atoms with Crippen molar-refractivity contribution in [1.82, 2.24) is 0 Å². The molecule has 0 amide bonds. The summed E-state index contributed by atoms with van der Waals surface area (Å²) in [6.07, 6.45) is 2.40. The van der Waals surface area contributed by atoms with Gasteiger partial charge in [0, 0.05) is 5.41 Å². The van der Waals surface area contributed by atoms with Gasteiger partial charge in [-0.3, -0.25) is 4.79 Å². The Hall–Kier alpha value is -0.850. The second-order valence-corrected chi connectivity index (χ2v) is 3.31. The molecule has 0 saturated carbocycles. The molecule has 0 fully saturated rings. The van der Waals surface area contributed by atoms with Crippen LogP contribution in [0.25, 0.3) is 0 Å². The summed E-state index contributed by atoms with van der Waals surface area (Å²) in [5, 5.41) is 0. The highest BCUT2D eigenvalue weighted by Gasteiger charge is 2.25. The van der Waals surface area contributed by atoms with Gasteiger partial charge in [0.2, 0.25) is 0 Å². The maximum atomic E-state index is 11.1. The molecule has 0 aliphatic carbocycles. The Morgan fingerprint density at radius 3 is 2.09 bits per heavy atom. The molecule has 1 unspecified atom stereocenters. The van der Waals surface area contributed by atoms with Crippen LogP contribution in [0.5, 0.6) is 0 Å². The van der Waals surface area contributed by atoms with E-state index >= 15 is 0 Å². The van der Waals surface area contributed by atoms with Crippen molar-refractivity contribution in [2.24, 2.45) is 5.41 Å². The molecule has 0 aromatic carbocycles. The van der Waals surface area contributed by atoms with E-state index in [1.165, 1.54) is 0 Å². The number of allylic oxidation sites excluding steroid dienone is 2. The van der Waals surface area contributed by atoms with Crippen LogP contribution in [0.3, 0.4) is 0 Å². The average Bonchev–Trinajstić information content (AvgIpc) is 1.86. The van der Waals surface area contributed by atoms with Gasteiger partial charge < -0.3 is 0 Å². The third-order valence-corrected chi connectivity index (χ3v) is 1.92. The Labute approximate surface area is 68.8 Å². The van der Waals surface area contributed by atoms with E-state index in [1.54, 1.807) is 13.0 Å². The predicted molar refractivity (Wildman–Crippen MR) is 48.4 cm³/mol. The van der Waals surface area contributed by atoms with Crippen LogP contribution in [0, 0.1) is 5.41 Å². The minimum absolute atomic E-state index is 0.149. The van der Waals surface area contributed by atoms with E-state index in [9.17, 15) is 4.79 Å². The van der Waals surface area contributed by atoms with Crippen LogP contribution in [0.2, 0.25) is 0 Å². The normalized spacial score (nSPS) is 15.2. The smallest absolute Gasteiger partial charge is 0.139 e. The summed E-state index contributed by atoms with van der Waals surface area (Å²) in [4.78, 5) is 11.1. The zero-order valence-corrected chi connectivity index (χ0v) is 7.61. The van der Waals surface area contributed by atoms with Crippen LogP contribution < -0.4 is 0 Å². The number of Topliss-reactive ketones (excluding diaryl/α,β-unsaturated/α-hetero) is 1. The highest BCUT2D eigenvalue weighted by Crippen LogP contribution is 2.27. The molecular weight excluding hydrogens is 136 g/mol. The van der Waals surface area contributed by atoms with Crippen molar-refractivity contribution in [3.8, 4) is 0 Å². The topological polar surface area (TPSA) is 17.1 Å². The van der Waals surface area contributed by atoms with E-state index in [2.05, 4.69) is 13.2 Å². The lowest BCUT2D eigenvalue weighted by Crippen LogP contribution is -2.22. The number of rotatable bonds is 4. The summed E-state index contributed by atoms with van der Waals surface area (Å²) in [6.45, 7) is 12.8. The van der Waals surface area contributed by atoms with Crippen molar-refractivity contribution in [3.05, 3.63) is 24.8 Å². The first-order valence-electron chi connectivity index (χ1n) is 3.71. The van der Waals surface area contributed by atoms with Crippen LogP contribution in [0.1, 0.15) is 27.2 Å². The fourth-order valence-electron chi connectivity index (χ4n) is 0.967. The monoisotopic (exact) mass is 152 g/mol. The Morgan fingerprint density at radius 2 is 2.00 bits per heavy atom. The SMILES string of the molecule is C=CC(C)(CC(=C)C)C(C)=O. The number of ketones is 1. The van der Waals surface area contributed by atoms with Crippen molar-refractivity contribution >= 4 is 5.78 Å². The summed E-state index contributed by atoms with van der Waals surface area (Å²) >= 11 is 0. The molecule has 0 aromatic rings. The molecule has 0 bridgehead atoms. The van der Waals surface area contributed by atoms with Gasteiger partial charge in [-0.05, 0) is 27.2 Å². The van der Waals surface area contributed by atoms with Crippen molar-refractivity contribution in [1.29, 1.82) is 0 Å². The lowest BCUT2D eigenvalue weighted by Gasteiger charge is -2.21. The summed E-state index contributed by atoms with van der Waals surface area (Å²) in [7, 11) is 0. The van der Waals surface area contributed by atoms with Crippen LogP contribution in [-0.4, -0.2) is 5.78 Å². The van der Waals surface area contributed by atoms with Gasteiger partial charge in [0.15, 0.2) is 0 Å². The standard InChI is InChI=1S/C10H16O/c1-6-10(5,9(4)11)7-8(2)3/h6H,1-2,7H2,3-5H3. The van der Waals surface area contributed by atoms with Crippen molar-refractivity contribution in [2.75, 3.05) is 0 Å². The molecule has 0 aromatic heterocycles. The highest BCUT2D eigenvalue weighted by atomic mass is 16.1. The molecule has 0 rings (SSSR count).